The number of allylic oxidation sites excluding steroid dienone is 1. The van der Waals surface area contributed by atoms with Gasteiger partial charge in [-0.15, -0.1) is 0 Å². The first kappa shape index (κ1) is 12.1. The van der Waals surface area contributed by atoms with Crippen LogP contribution in [0.4, 0.5) is 0 Å². The number of aliphatic hydroxyl groups excluding tert-OH is 5. The lowest BCUT2D eigenvalue weighted by Crippen LogP contribution is -2.64. The summed E-state index contributed by atoms with van der Waals surface area (Å²) in [7, 11) is -1.07. The molecule has 1 saturated heterocycles. The fourth-order valence-corrected chi connectivity index (χ4v) is 3.52. The highest BCUT2D eigenvalue weighted by molar-refractivity contribution is 7.64. The molecular weight excluding hydrogens is 235 g/mol. The van der Waals surface area contributed by atoms with Crippen molar-refractivity contribution in [3.63, 3.8) is 0 Å². The van der Waals surface area contributed by atoms with E-state index in [1.807, 2.05) is 0 Å². The van der Waals surface area contributed by atoms with E-state index in [-0.39, 0.29) is 0 Å². The van der Waals surface area contributed by atoms with Crippen molar-refractivity contribution in [2.24, 2.45) is 0 Å². The largest absolute Gasteiger partial charge is 0.389 e. The third kappa shape index (κ3) is 1.55. The first-order valence-corrected chi connectivity index (χ1v) is 6.32. The highest BCUT2D eigenvalue weighted by Crippen LogP contribution is 2.51. The monoisotopic (exact) mass is 249 g/mol. The zero-order valence-corrected chi connectivity index (χ0v) is 9.23. The highest BCUT2D eigenvalue weighted by Gasteiger charge is 2.61. The number of hydrogen-bond acceptors (Lipinski definition) is 6. The highest BCUT2D eigenvalue weighted by atomic mass is 31.1. The van der Waals surface area contributed by atoms with Crippen LogP contribution in [-0.4, -0.2) is 67.9 Å². The Hall–Kier alpha value is -0.330. The van der Waals surface area contributed by atoms with Crippen molar-refractivity contribution in [2.75, 3.05) is 6.61 Å². The Bertz CT molecular complexity index is 343. The molecule has 1 fully saturated rings. The van der Waals surface area contributed by atoms with E-state index in [1.54, 1.807) is 17.7 Å². The average Bonchev–Trinajstić information content (AvgIpc) is 2.20. The summed E-state index contributed by atoms with van der Waals surface area (Å²) in [4.78, 5) is 0. The summed E-state index contributed by atoms with van der Waals surface area (Å²) in [6, 6.07) is 0. The molecule has 7 heteroatoms. The molecule has 6 atom stereocenters. The summed E-state index contributed by atoms with van der Waals surface area (Å²) >= 11 is 0. The summed E-state index contributed by atoms with van der Waals surface area (Å²) in [6.07, 6.45) is -4.43. The van der Waals surface area contributed by atoms with Crippen molar-refractivity contribution in [1.82, 2.24) is 0 Å². The van der Waals surface area contributed by atoms with Crippen LogP contribution in [0.5, 0.6) is 0 Å². The van der Waals surface area contributed by atoms with Gasteiger partial charge in [0.2, 0.25) is 0 Å². The maximum Gasteiger partial charge on any atom is 0.283 e. The summed E-state index contributed by atoms with van der Waals surface area (Å²) in [5.74, 6) is 3.48. The minimum atomic E-state index is -1.62. The van der Waals surface area contributed by atoms with E-state index in [9.17, 15) is 25.5 Å². The molecule has 2 unspecified atom stereocenters. The zero-order valence-electron chi connectivity index (χ0n) is 8.34. The maximum absolute atomic E-state index is 9.87. The quantitative estimate of drug-likeness (QED) is 0.359. The van der Waals surface area contributed by atoms with Crippen molar-refractivity contribution in [3.05, 3.63) is 11.9 Å². The van der Waals surface area contributed by atoms with E-state index < -0.39 is 44.1 Å². The molecule has 0 aliphatic carbocycles. The molecule has 0 aromatic carbocycles. The van der Waals surface area contributed by atoms with Gasteiger partial charge in [0.05, 0.1) is 0 Å². The lowest BCUT2D eigenvalue weighted by atomic mass is 9.99. The fraction of sp³-hybridized carbons (Fsp3) is 0.667. The molecule has 16 heavy (non-hydrogen) atoms. The van der Waals surface area contributed by atoms with Gasteiger partial charge in [0, 0.05) is 6.08 Å². The van der Waals surface area contributed by atoms with Crippen LogP contribution < -0.4 is 0 Å². The Morgan fingerprint density at radius 2 is 1.81 bits per heavy atom. The minimum absolute atomic E-state index is 0.540. The van der Waals surface area contributed by atoms with Crippen LogP contribution in [0.25, 0.3) is 0 Å². The molecule has 2 aliphatic heterocycles. The number of aliphatic hydroxyl groups is 5. The van der Waals surface area contributed by atoms with Crippen LogP contribution in [-0.2, 0) is 4.74 Å². The second kappa shape index (κ2) is 4.16. The summed E-state index contributed by atoms with van der Waals surface area (Å²) in [6.45, 7) is -0.540. The van der Waals surface area contributed by atoms with Crippen LogP contribution in [0, 0.1) is 0 Å². The molecule has 0 aromatic rings. The van der Waals surface area contributed by atoms with Gasteiger partial charge in [-0.3, -0.25) is 4.74 Å². The molecule has 90 valence electrons. The molecule has 2 aliphatic rings. The first-order chi connectivity index (χ1) is 7.53. The third-order valence-corrected chi connectivity index (χ3v) is 5.28. The van der Waals surface area contributed by atoms with Crippen LogP contribution in [0.15, 0.2) is 11.9 Å². The molecule has 0 aromatic heterocycles. The van der Waals surface area contributed by atoms with Crippen molar-refractivity contribution in [1.29, 1.82) is 0 Å². The SMILES string of the molecule is OC[C@]1([P+]2=CC=C2)OC(O)[C@H](O)[C@H](O)[C@@H]1O. The van der Waals surface area contributed by atoms with E-state index in [4.69, 9.17) is 4.74 Å². The van der Waals surface area contributed by atoms with Gasteiger partial charge in [0.1, 0.15) is 30.4 Å². The van der Waals surface area contributed by atoms with Crippen LogP contribution in [0.1, 0.15) is 0 Å². The lowest BCUT2D eigenvalue weighted by molar-refractivity contribution is -0.299. The predicted octanol–water partition coefficient (Wildman–Crippen LogP) is -2.08. The molecule has 0 spiro atoms. The Morgan fingerprint density at radius 3 is 2.25 bits per heavy atom. The Balaban J connectivity index is 2.31. The molecule has 5 N–H and O–H groups in total. The van der Waals surface area contributed by atoms with Gasteiger partial charge in [-0.25, -0.2) is 0 Å². The van der Waals surface area contributed by atoms with Gasteiger partial charge in [-0.2, -0.15) is 0 Å². The van der Waals surface area contributed by atoms with E-state index in [2.05, 4.69) is 0 Å². The summed E-state index contributed by atoms with van der Waals surface area (Å²) < 4.78 is 5.11. The molecule has 0 bridgehead atoms. The molecule has 6 nitrogen and oxygen atoms in total. The van der Waals surface area contributed by atoms with Crippen molar-refractivity contribution in [3.8, 4) is 0 Å². The minimum Gasteiger partial charge on any atom is -0.389 e. The smallest absolute Gasteiger partial charge is 0.283 e. The number of hydrogen-bond donors (Lipinski definition) is 5. The zero-order chi connectivity index (χ0) is 11.9. The molecule has 0 amide bonds. The lowest BCUT2D eigenvalue weighted by Gasteiger charge is -2.42. The third-order valence-electron chi connectivity index (χ3n) is 2.91. The van der Waals surface area contributed by atoms with Crippen LogP contribution >= 0.6 is 7.55 Å². The Morgan fingerprint density at radius 1 is 1.19 bits per heavy atom. The predicted molar refractivity (Wildman–Crippen MR) is 57.1 cm³/mol. The normalized spacial score (nSPS) is 49.7. The van der Waals surface area contributed by atoms with Gasteiger partial charge in [0.15, 0.2) is 19.9 Å². The van der Waals surface area contributed by atoms with Crippen LogP contribution in [0.3, 0.4) is 0 Å². The van der Waals surface area contributed by atoms with Gasteiger partial charge in [-0.05, 0) is 0 Å². The van der Waals surface area contributed by atoms with Crippen molar-refractivity contribution < 1.29 is 30.3 Å². The average molecular weight is 249 g/mol. The van der Waals surface area contributed by atoms with Crippen molar-refractivity contribution in [2.45, 2.75) is 29.9 Å². The number of ether oxygens (including phenoxy) is 1. The fourth-order valence-electron chi connectivity index (χ4n) is 1.82. The van der Waals surface area contributed by atoms with E-state index in [1.165, 1.54) is 0 Å². The second-order valence-corrected chi connectivity index (χ2v) is 6.00. The molecule has 2 rings (SSSR count). The molecule has 0 radical (unpaired) electrons. The van der Waals surface area contributed by atoms with Gasteiger partial charge >= 0.3 is 0 Å². The standard InChI is InChI=1S/C9H14O6P/c10-4-9(16-2-1-3-16)7(13)5(11)6(12)8(14)15-9/h1-3,5-8,10-14H,4H2/q+1/t5-,6+,7-,8?,9+/m0/s1. The van der Waals surface area contributed by atoms with E-state index in [0.717, 1.165) is 0 Å². The summed E-state index contributed by atoms with van der Waals surface area (Å²) in [5.41, 5.74) is 0. The topological polar surface area (TPSA) is 110 Å². The Kier molecular flexibility index (Phi) is 3.16. The second-order valence-electron chi connectivity index (χ2n) is 3.84. The van der Waals surface area contributed by atoms with Crippen molar-refractivity contribution >= 4 is 13.3 Å². The first-order valence-electron chi connectivity index (χ1n) is 4.84. The summed E-state index contributed by atoms with van der Waals surface area (Å²) in [5, 5.41) is 46.1. The number of rotatable bonds is 2. The molecule has 2 heterocycles. The Labute approximate surface area is 92.8 Å². The van der Waals surface area contributed by atoms with E-state index in [0.29, 0.717) is 0 Å². The van der Waals surface area contributed by atoms with Crippen LogP contribution in [0.2, 0.25) is 0 Å². The molecule has 0 saturated carbocycles. The van der Waals surface area contributed by atoms with Gasteiger partial charge in [-0.1, -0.05) is 0 Å². The molecular formula is C9H14O6P+. The van der Waals surface area contributed by atoms with E-state index >= 15 is 0 Å². The van der Waals surface area contributed by atoms with Gasteiger partial charge in [0.25, 0.3) is 5.34 Å². The maximum atomic E-state index is 9.87. The van der Waals surface area contributed by atoms with Gasteiger partial charge < -0.3 is 25.5 Å².